The van der Waals surface area contributed by atoms with Crippen LogP contribution in [0.25, 0.3) is 17.4 Å². The zero-order chi connectivity index (χ0) is 22.8. The standard InChI is InChI=1S/C27H29N3O3/c1-18-15-25(33-24(18)17-22-21-9-2-3-10-23(21)29-27(22)32)19-7-6-8-20(16-19)26(31)28-11-14-30-12-4-5-13-30/h2-3,6-8,10,15-17,21H,4-5,9,11-14H2,1H3,(H,28,31)(H,29,32). The van der Waals surface area contributed by atoms with Crippen LogP contribution in [0.2, 0.25) is 0 Å². The summed E-state index contributed by atoms with van der Waals surface area (Å²) in [7, 11) is 0. The molecule has 1 atom stereocenters. The first-order valence-corrected chi connectivity index (χ1v) is 11.7. The van der Waals surface area contributed by atoms with Gasteiger partial charge in [0.2, 0.25) is 0 Å². The number of allylic oxidation sites excluding steroid dienone is 4. The molecule has 2 aliphatic heterocycles. The number of fused-ring (bicyclic) bond motifs is 1. The van der Waals surface area contributed by atoms with Crippen molar-refractivity contribution < 1.29 is 14.0 Å². The molecule has 3 aliphatic rings. The highest BCUT2D eigenvalue weighted by molar-refractivity contribution is 6.03. The van der Waals surface area contributed by atoms with Crippen LogP contribution in [0.5, 0.6) is 0 Å². The summed E-state index contributed by atoms with van der Waals surface area (Å²) in [6.07, 6.45) is 11.2. The van der Waals surface area contributed by atoms with Gasteiger partial charge in [0.25, 0.3) is 11.8 Å². The maximum atomic E-state index is 12.6. The normalized spacial score (nSPS) is 21.2. The van der Waals surface area contributed by atoms with Gasteiger partial charge in [-0.05, 0) is 75.2 Å². The highest BCUT2D eigenvalue weighted by Crippen LogP contribution is 2.35. The summed E-state index contributed by atoms with van der Waals surface area (Å²) in [6.45, 7) is 5.76. The number of hydrogen-bond acceptors (Lipinski definition) is 4. The Balaban J connectivity index is 1.31. The van der Waals surface area contributed by atoms with Crippen molar-refractivity contribution in [3.63, 3.8) is 0 Å². The van der Waals surface area contributed by atoms with Gasteiger partial charge in [-0.2, -0.15) is 0 Å². The molecule has 5 rings (SSSR count). The molecule has 3 heterocycles. The number of nitrogens with one attached hydrogen (secondary N) is 2. The zero-order valence-electron chi connectivity index (χ0n) is 18.9. The van der Waals surface area contributed by atoms with Crippen molar-refractivity contribution in [1.29, 1.82) is 0 Å². The Labute approximate surface area is 194 Å². The predicted molar refractivity (Wildman–Crippen MR) is 128 cm³/mol. The molecule has 0 radical (unpaired) electrons. The fraction of sp³-hybridized carbons (Fsp3) is 0.333. The average Bonchev–Trinajstić information content (AvgIpc) is 3.54. The number of aryl methyl sites for hydroxylation is 1. The fourth-order valence-electron chi connectivity index (χ4n) is 4.75. The van der Waals surface area contributed by atoms with Crippen LogP contribution in [0.1, 0.15) is 40.9 Å². The van der Waals surface area contributed by atoms with E-state index in [4.69, 9.17) is 4.42 Å². The second-order valence-corrected chi connectivity index (χ2v) is 8.94. The molecule has 1 aromatic carbocycles. The largest absolute Gasteiger partial charge is 0.456 e. The van der Waals surface area contributed by atoms with E-state index in [1.165, 1.54) is 12.8 Å². The second kappa shape index (κ2) is 9.24. The van der Waals surface area contributed by atoms with Crippen molar-refractivity contribution in [2.24, 2.45) is 5.92 Å². The van der Waals surface area contributed by atoms with Crippen LogP contribution < -0.4 is 10.6 Å². The summed E-state index contributed by atoms with van der Waals surface area (Å²) in [5.74, 6) is 1.27. The zero-order valence-corrected chi connectivity index (χ0v) is 18.9. The first-order chi connectivity index (χ1) is 16.1. The topological polar surface area (TPSA) is 74.6 Å². The lowest BCUT2D eigenvalue weighted by molar-refractivity contribution is -0.115. The third kappa shape index (κ3) is 4.57. The summed E-state index contributed by atoms with van der Waals surface area (Å²) in [4.78, 5) is 27.5. The Kier molecular flexibility index (Phi) is 6.01. The minimum absolute atomic E-state index is 0.0584. The monoisotopic (exact) mass is 443 g/mol. The van der Waals surface area contributed by atoms with Crippen molar-refractivity contribution in [3.05, 3.63) is 76.7 Å². The van der Waals surface area contributed by atoms with Crippen LogP contribution in [0.15, 0.2) is 64.2 Å². The van der Waals surface area contributed by atoms with E-state index in [2.05, 4.69) is 21.6 Å². The Morgan fingerprint density at radius 3 is 2.97 bits per heavy atom. The number of rotatable bonds is 6. The SMILES string of the molecule is Cc1cc(-c2cccc(C(=O)NCCN3CCCC3)c2)oc1C=C1C(=O)NC2=CC=CCC21. The smallest absolute Gasteiger partial charge is 0.252 e. The number of carbonyl (C=O) groups is 2. The molecule has 2 fully saturated rings. The first-order valence-electron chi connectivity index (χ1n) is 11.7. The minimum atomic E-state index is -0.0750. The molecular formula is C27H29N3O3. The quantitative estimate of drug-likeness (QED) is 0.661. The molecule has 0 bridgehead atoms. The predicted octanol–water partition coefficient (Wildman–Crippen LogP) is 4.05. The molecule has 2 saturated heterocycles. The molecule has 170 valence electrons. The van der Waals surface area contributed by atoms with Gasteiger partial charge in [-0.15, -0.1) is 0 Å². The molecule has 1 aliphatic carbocycles. The number of carbonyl (C=O) groups excluding carboxylic acids is 2. The van der Waals surface area contributed by atoms with Gasteiger partial charge in [0.1, 0.15) is 11.5 Å². The third-order valence-electron chi connectivity index (χ3n) is 6.62. The van der Waals surface area contributed by atoms with Crippen molar-refractivity contribution >= 4 is 17.9 Å². The Hall–Kier alpha value is -3.38. The highest BCUT2D eigenvalue weighted by Gasteiger charge is 2.33. The van der Waals surface area contributed by atoms with E-state index in [0.717, 1.165) is 48.5 Å². The van der Waals surface area contributed by atoms with Gasteiger partial charge in [0.15, 0.2) is 0 Å². The van der Waals surface area contributed by atoms with E-state index in [1.54, 1.807) is 0 Å². The van der Waals surface area contributed by atoms with Gasteiger partial charge in [-0.1, -0.05) is 24.3 Å². The van der Waals surface area contributed by atoms with Crippen molar-refractivity contribution in [1.82, 2.24) is 15.5 Å². The molecule has 33 heavy (non-hydrogen) atoms. The van der Waals surface area contributed by atoms with Gasteiger partial charge >= 0.3 is 0 Å². The van der Waals surface area contributed by atoms with Crippen LogP contribution in [0, 0.1) is 12.8 Å². The number of benzene rings is 1. The summed E-state index contributed by atoms with van der Waals surface area (Å²) < 4.78 is 6.14. The van der Waals surface area contributed by atoms with Gasteiger partial charge in [0.05, 0.1) is 0 Å². The minimum Gasteiger partial charge on any atom is -0.456 e. The number of nitrogens with zero attached hydrogens (tertiary/aromatic N) is 1. The van der Waals surface area contributed by atoms with Crippen LogP contribution >= 0.6 is 0 Å². The Morgan fingerprint density at radius 2 is 2.12 bits per heavy atom. The van der Waals surface area contributed by atoms with Crippen LogP contribution in [-0.2, 0) is 4.79 Å². The summed E-state index contributed by atoms with van der Waals surface area (Å²) in [6, 6.07) is 9.44. The molecule has 1 aromatic heterocycles. The third-order valence-corrected chi connectivity index (χ3v) is 6.62. The van der Waals surface area contributed by atoms with E-state index in [1.807, 2.05) is 55.5 Å². The van der Waals surface area contributed by atoms with E-state index in [-0.39, 0.29) is 17.7 Å². The molecule has 0 spiro atoms. The van der Waals surface area contributed by atoms with Crippen LogP contribution in [0.3, 0.4) is 0 Å². The van der Waals surface area contributed by atoms with Gasteiger partial charge < -0.3 is 20.0 Å². The highest BCUT2D eigenvalue weighted by atomic mass is 16.3. The Bertz CT molecular complexity index is 1170. The van der Waals surface area contributed by atoms with Gasteiger partial charge in [-0.3, -0.25) is 9.59 Å². The molecule has 2 amide bonds. The fourth-order valence-corrected chi connectivity index (χ4v) is 4.75. The molecular weight excluding hydrogens is 414 g/mol. The molecule has 6 nitrogen and oxygen atoms in total. The van der Waals surface area contributed by atoms with E-state index in [9.17, 15) is 9.59 Å². The lowest BCUT2D eigenvalue weighted by atomic mass is 9.92. The van der Waals surface area contributed by atoms with Crippen molar-refractivity contribution in [2.45, 2.75) is 26.2 Å². The number of likely N-dealkylation sites (tertiary alicyclic amines) is 1. The van der Waals surface area contributed by atoms with Gasteiger partial charge in [0, 0.05) is 41.4 Å². The molecule has 1 unspecified atom stereocenters. The Morgan fingerprint density at radius 1 is 1.27 bits per heavy atom. The summed E-state index contributed by atoms with van der Waals surface area (Å²) in [5.41, 5.74) is 4.07. The summed E-state index contributed by atoms with van der Waals surface area (Å²) in [5, 5.41) is 5.98. The van der Waals surface area contributed by atoms with Crippen LogP contribution in [0.4, 0.5) is 0 Å². The number of furan rings is 1. The molecule has 2 aromatic rings. The van der Waals surface area contributed by atoms with Crippen molar-refractivity contribution in [2.75, 3.05) is 26.2 Å². The van der Waals surface area contributed by atoms with Crippen molar-refractivity contribution in [3.8, 4) is 11.3 Å². The number of hydrogen-bond donors (Lipinski definition) is 2. The first kappa shape index (κ1) is 21.5. The number of amides is 2. The lowest BCUT2D eigenvalue weighted by Gasteiger charge is -2.14. The lowest BCUT2D eigenvalue weighted by Crippen LogP contribution is -2.33. The summed E-state index contributed by atoms with van der Waals surface area (Å²) >= 11 is 0. The van der Waals surface area contributed by atoms with Crippen LogP contribution in [-0.4, -0.2) is 42.9 Å². The molecule has 0 saturated carbocycles. The van der Waals surface area contributed by atoms with Gasteiger partial charge in [-0.25, -0.2) is 0 Å². The van der Waals surface area contributed by atoms with E-state index >= 15 is 0 Å². The maximum absolute atomic E-state index is 12.6. The maximum Gasteiger partial charge on any atom is 0.252 e. The average molecular weight is 444 g/mol. The van der Waals surface area contributed by atoms with E-state index in [0.29, 0.717) is 23.6 Å². The molecule has 2 N–H and O–H groups in total. The molecule has 6 heteroatoms. The second-order valence-electron chi connectivity index (χ2n) is 8.94. The van der Waals surface area contributed by atoms with E-state index < -0.39 is 0 Å².